The summed E-state index contributed by atoms with van der Waals surface area (Å²) < 4.78 is 25.5. The van der Waals surface area contributed by atoms with Gasteiger partial charge in [0.25, 0.3) is 0 Å². The molecule has 2 aromatic rings. The van der Waals surface area contributed by atoms with Gasteiger partial charge in [-0.25, -0.2) is 8.42 Å². The monoisotopic (exact) mass is 432 g/mol. The Balaban J connectivity index is 1.71. The van der Waals surface area contributed by atoms with Crippen LogP contribution in [0, 0.1) is 6.92 Å². The van der Waals surface area contributed by atoms with Crippen LogP contribution in [-0.2, 0) is 19.4 Å². The second kappa shape index (κ2) is 8.59. The molecule has 0 aromatic heterocycles. The molecule has 8 heteroatoms. The Morgan fingerprint density at radius 3 is 2.66 bits per heavy atom. The van der Waals surface area contributed by atoms with E-state index in [-0.39, 0.29) is 34.1 Å². The summed E-state index contributed by atoms with van der Waals surface area (Å²) in [6, 6.07) is 12.2. The number of sulfone groups is 1. The zero-order chi connectivity index (χ0) is 21.2. The van der Waals surface area contributed by atoms with E-state index in [4.69, 9.17) is 0 Å². The molecular weight excluding hydrogens is 408 g/mol. The zero-order valence-electron chi connectivity index (χ0n) is 16.6. The van der Waals surface area contributed by atoms with Crippen LogP contribution in [0.25, 0.3) is 0 Å². The van der Waals surface area contributed by atoms with Gasteiger partial charge in [-0.15, -0.1) is 11.8 Å². The highest BCUT2D eigenvalue weighted by Crippen LogP contribution is 2.38. The molecule has 3 rings (SSSR count). The van der Waals surface area contributed by atoms with Gasteiger partial charge < -0.3 is 10.2 Å². The molecule has 1 aliphatic rings. The smallest absolute Gasteiger partial charge is 0.237 e. The Morgan fingerprint density at radius 2 is 1.97 bits per heavy atom. The van der Waals surface area contributed by atoms with Gasteiger partial charge in [0.2, 0.25) is 11.8 Å². The van der Waals surface area contributed by atoms with E-state index in [1.54, 1.807) is 19.2 Å². The molecule has 0 fully saturated rings. The van der Waals surface area contributed by atoms with Crippen LogP contribution in [0.2, 0.25) is 0 Å². The van der Waals surface area contributed by atoms with E-state index in [2.05, 4.69) is 5.32 Å². The summed E-state index contributed by atoms with van der Waals surface area (Å²) in [4.78, 5) is 27.0. The van der Waals surface area contributed by atoms with Crippen LogP contribution < -0.4 is 10.2 Å². The summed E-state index contributed by atoms with van der Waals surface area (Å²) in [7, 11) is -2.02. The van der Waals surface area contributed by atoms with Crippen LogP contribution in [0.4, 0.5) is 11.4 Å². The predicted molar refractivity (Wildman–Crippen MR) is 116 cm³/mol. The highest BCUT2D eigenvalue weighted by atomic mass is 32.2. The van der Waals surface area contributed by atoms with Crippen LogP contribution in [0.1, 0.15) is 25.3 Å². The molecule has 0 saturated carbocycles. The first kappa shape index (κ1) is 21.4. The molecule has 1 heterocycles. The third-order valence-electron chi connectivity index (χ3n) is 4.85. The van der Waals surface area contributed by atoms with Crippen LogP contribution in [0.3, 0.4) is 0 Å². The number of nitrogens with zero attached hydrogens (tertiary/aromatic N) is 1. The summed E-state index contributed by atoms with van der Waals surface area (Å²) in [5.74, 6) is -0.680. The largest absolute Gasteiger partial charge is 0.324 e. The normalized spacial score (nSPS) is 16.1. The van der Waals surface area contributed by atoms with Crippen molar-refractivity contribution in [3.05, 3.63) is 48.0 Å². The van der Waals surface area contributed by atoms with E-state index in [9.17, 15) is 18.0 Å². The molecule has 1 aliphatic heterocycles. The fourth-order valence-electron chi connectivity index (χ4n) is 3.08. The number of aryl methyl sites for hydroxylation is 1. The van der Waals surface area contributed by atoms with Crippen molar-refractivity contribution in [2.24, 2.45) is 0 Å². The minimum Gasteiger partial charge on any atom is -0.324 e. The number of carbonyl (C=O) groups excluding carboxylic acids is 2. The molecule has 0 spiro atoms. The third-order valence-corrected chi connectivity index (χ3v) is 8.00. The second-order valence-corrected chi connectivity index (χ2v) is 10.4. The maximum atomic E-state index is 12.7. The van der Waals surface area contributed by atoms with E-state index >= 15 is 0 Å². The van der Waals surface area contributed by atoms with Crippen molar-refractivity contribution in [1.29, 1.82) is 0 Å². The van der Waals surface area contributed by atoms with E-state index < -0.39 is 9.84 Å². The lowest BCUT2D eigenvalue weighted by molar-refractivity contribution is -0.118. The van der Waals surface area contributed by atoms with Crippen LogP contribution in [0.5, 0.6) is 0 Å². The third kappa shape index (κ3) is 4.82. The number of rotatable bonds is 6. The van der Waals surface area contributed by atoms with Gasteiger partial charge in [0.1, 0.15) is 0 Å². The Morgan fingerprint density at radius 1 is 1.21 bits per heavy atom. The molecule has 29 heavy (non-hydrogen) atoms. The molecule has 6 nitrogen and oxygen atoms in total. The molecule has 154 valence electrons. The van der Waals surface area contributed by atoms with Gasteiger partial charge in [0, 0.05) is 24.1 Å². The zero-order valence-corrected chi connectivity index (χ0v) is 18.3. The Bertz CT molecular complexity index is 1050. The molecule has 1 N–H and O–H groups in total. The van der Waals surface area contributed by atoms with Crippen molar-refractivity contribution in [3.8, 4) is 0 Å². The number of fused-ring (bicyclic) bond motifs is 1. The maximum absolute atomic E-state index is 12.7. The van der Waals surface area contributed by atoms with Crippen molar-refractivity contribution in [2.75, 3.05) is 23.0 Å². The van der Waals surface area contributed by atoms with Gasteiger partial charge >= 0.3 is 0 Å². The first-order valence-electron chi connectivity index (χ1n) is 9.39. The number of carbonyl (C=O) groups is 2. The van der Waals surface area contributed by atoms with Gasteiger partial charge in [-0.2, -0.15) is 0 Å². The van der Waals surface area contributed by atoms with E-state index in [1.165, 1.54) is 22.7 Å². The minimum atomic E-state index is -3.66. The Hall–Kier alpha value is -2.32. The fourth-order valence-corrected chi connectivity index (χ4v) is 5.35. The molecular formula is C21H24N2O4S2. The van der Waals surface area contributed by atoms with Crippen LogP contribution in [-0.4, -0.2) is 38.3 Å². The molecule has 1 atom stereocenters. The Kier molecular flexibility index (Phi) is 6.33. The fraction of sp³-hybridized carbons (Fsp3) is 0.333. The van der Waals surface area contributed by atoms with Crippen molar-refractivity contribution in [3.63, 3.8) is 0 Å². The topological polar surface area (TPSA) is 83.6 Å². The SMILES string of the molecule is CCC1Sc2ccc(S(=O)(=O)CCC(=O)N(C)c3cccc(C)c3)cc2NC1=O. The van der Waals surface area contributed by atoms with Gasteiger partial charge in [-0.1, -0.05) is 19.1 Å². The lowest BCUT2D eigenvalue weighted by Gasteiger charge is -2.23. The molecule has 1 unspecified atom stereocenters. The van der Waals surface area contributed by atoms with E-state index in [0.717, 1.165) is 16.1 Å². The van der Waals surface area contributed by atoms with E-state index in [1.807, 2.05) is 38.1 Å². The lowest BCUT2D eigenvalue weighted by atomic mass is 10.2. The van der Waals surface area contributed by atoms with Crippen molar-refractivity contribution >= 4 is 44.8 Å². The molecule has 0 saturated heterocycles. The molecule has 2 amide bonds. The number of benzene rings is 2. The first-order chi connectivity index (χ1) is 13.7. The summed E-state index contributed by atoms with van der Waals surface area (Å²) in [6.07, 6.45) is 0.579. The van der Waals surface area contributed by atoms with Gasteiger partial charge in [-0.3, -0.25) is 9.59 Å². The van der Waals surface area contributed by atoms with Gasteiger partial charge in [0.15, 0.2) is 9.84 Å². The summed E-state index contributed by atoms with van der Waals surface area (Å²) in [6.45, 7) is 3.87. The highest BCUT2D eigenvalue weighted by molar-refractivity contribution is 8.01. The van der Waals surface area contributed by atoms with Crippen molar-refractivity contribution < 1.29 is 18.0 Å². The lowest BCUT2D eigenvalue weighted by Crippen LogP contribution is -2.29. The van der Waals surface area contributed by atoms with Crippen molar-refractivity contribution in [2.45, 2.75) is 41.7 Å². The summed E-state index contributed by atoms with van der Waals surface area (Å²) in [5.41, 5.74) is 2.26. The van der Waals surface area contributed by atoms with Gasteiger partial charge in [0.05, 0.1) is 21.6 Å². The quantitative estimate of drug-likeness (QED) is 0.753. The minimum absolute atomic E-state index is 0.109. The highest BCUT2D eigenvalue weighted by Gasteiger charge is 2.27. The average Bonchev–Trinajstić information content (AvgIpc) is 2.70. The van der Waals surface area contributed by atoms with Gasteiger partial charge in [-0.05, 0) is 49.2 Å². The number of amides is 2. The molecule has 0 radical (unpaired) electrons. The maximum Gasteiger partial charge on any atom is 0.237 e. The first-order valence-corrected chi connectivity index (χ1v) is 11.9. The second-order valence-electron chi connectivity index (χ2n) is 7.02. The van der Waals surface area contributed by atoms with Crippen molar-refractivity contribution in [1.82, 2.24) is 0 Å². The number of anilines is 2. The van der Waals surface area contributed by atoms with Crippen LogP contribution in [0.15, 0.2) is 52.3 Å². The number of nitrogens with one attached hydrogen (secondary N) is 1. The standard InChI is InChI=1S/C21H24N2O4S2/c1-4-18-21(25)22-17-13-16(8-9-19(17)28-18)29(26,27)11-10-20(24)23(3)15-7-5-6-14(2)12-15/h5-9,12-13,18H,4,10-11H2,1-3H3,(H,22,25). The number of thioether (sulfide) groups is 1. The number of hydrogen-bond donors (Lipinski definition) is 1. The average molecular weight is 433 g/mol. The number of hydrogen-bond acceptors (Lipinski definition) is 5. The predicted octanol–water partition coefficient (Wildman–Crippen LogP) is 3.64. The van der Waals surface area contributed by atoms with Crippen LogP contribution >= 0.6 is 11.8 Å². The summed E-state index contributed by atoms with van der Waals surface area (Å²) in [5, 5.41) is 2.62. The molecule has 0 aliphatic carbocycles. The molecule has 2 aromatic carbocycles. The van der Waals surface area contributed by atoms with E-state index in [0.29, 0.717) is 12.1 Å². The Labute approximate surface area is 175 Å². The molecule has 0 bridgehead atoms. The summed E-state index contributed by atoms with van der Waals surface area (Å²) >= 11 is 1.44.